The van der Waals surface area contributed by atoms with Gasteiger partial charge in [-0.25, -0.2) is 0 Å². The number of thioether (sulfide) groups is 2. The highest BCUT2D eigenvalue weighted by atomic mass is 32.2. The van der Waals surface area contributed by atoms with Crippen LogP contribution in [-0.4, -0.2) is 33.4 Å². The molecule has 0 aromatic heterocycles. The molecular formula is C16H22O2S2. The molecule has 3 atom stereocenters. The molecule has 1 heterocycles. The van der Waals surface area contributed by atoms with Crippen LogP contribution in [0.2, 0.25) is 0 Å². The molecule has 1 aromatic rings. The van der Waals surface area contributed by atoms with Crippen LogP contribution in [0.25, 0.3) is 0 Å². The maximum Gasteiger partial charge on any atom is 0.176 e. The van der Waals surface area contributed by atoms with Crippen molar-refractivity contribution in [3.63, 3.8) is 0 Å². The van der Waals surface area contributed by atoms with Gasteiger partial charge in [-0.15, -0.1) is 11.8 Å². The maximum absolute atomic E-state index is 12.6. The summed E-state index contributed by atoms with van der Waals surface area (Å²) < 4.78 is 5.67. The molecule has 1 aliphatic heterocycles. The highest BCUT2D eigenvalue weighted by Crippen LogP contribution is 2.37. The first-order valence-electron chi connectivity index (χ1n) is 7.05. The van der Waals surface area contributed by atoms with Gasteiger partial charge >= 0.3 is 0 Å². The van der Waals surface area contributed by atoms with E-state index in [1.807, 2.05) is 49.9 Å². The zero-order chi connectivity index (χ0) is 14.7. The average Bonchev–Trinajstić information content (AvgIpc) is 2.40. The molecule has 4 heteroatoms. The Morgan fingerprint density at radius 2 is 2.05 bits per heavy atom. The minimum absolute atomic E-state index is 0.0699. The molecule has 1 aliphatic rings. The van der Waals surface area contributed by atoms with E-state index < -0.39 is 0 Å². The van der Waals surface area contributed by atoms with Gasteiger partial charge in [0, 0.05) is 21.8 Å². The van der Waals surface area contributed by atoms with Crippen molar-refractivity contribution < 1.29 is 9.53 Å². The summed E-state index contributed by atoms with van der Waals surface area (Å²) in [6.07, 6.45) is 0.126. The Morgan fingerprint density at radius 3 is 2.70 bits per heavy atom. The molecule has 110 valence electrons. The lowest BCUT2D eigenvalue weighted by Gasteiger charge is -2.30. The van der Waals surface area contributed by atoms with E-state index in [0.717, 1.165) is 17.1 Å². The van der Waals surface area contributed by atoms with Crippen molar-refractivity contribution in [3.8, 4) is 5.75 Å². The molecular weight excluding hydrogens is 288 g/mol. The third-order valence-corrected chi connectivity index (χ3v) is 6.72. The molecule has 2 rings (SSSR count). The van der Waals surface area contributed by atoms with Crippen LogP contribution in [0.15, 0.2) is 24.3 Å². The molecule has 1 fully saturated rings. The van der Waals surface area contributed by atoms with Gasteiger partial charge in [0.2, 0.25) is 0 Å². The highest BCUT2D eigenvalue weighted by Gasteiger charge is 2.30. The van der Waals surface area contributed by atoms with Gasteiger partial charge in [-0.2, -0.15) is 11.8 Å². The van der Waals surface area contributed by atoms with Crippen LogP contribution in [0.4, 0.5) is 0 Å². The fourth-order valence-electron chi connectivity index (χ4n) is 2.10. The first-order valence-corrected chi connectivity index (χ1v) is 9.04. The summed E-state index contributed by atoms with van der Waals surface area (Å²) in [6.45, 7) is 8.43. The van der Waals surface area contributed by atoms with Crippen LogP contribution in [0.3, 0.4) is 0 Å². The Labute approximate surface area is 130 Å². The largest absolute Gasteiger partial charge is 0.491 e. The normalized spacial score (nSPS) is 26.6. The molecule has 20 heavy (non-hydrogen) atoms. The van der Waals surface area contributed by atoms with E-state index in [0.29, 0.717) is 10.5 Å². The standard InChI is InChI=1S/C16H22O2S2/c1-10(2)18-14-7-5-6-13(8-14)16(17)15-9-19-11(3)12(4)20-15/h5-8,10-12,15H,9H2,1-4H3. The topological polar surface area (TPSA) is 26.3 Å². The summed E-state index contributed by atoms with van der Waals surface area (Å²) in [6, 6.07) is 7.57. The molecule has 1 aromatic carbocycles. The second-order valence-electron chi connectivity index (χ2n) is 5.43. The Balaban J connectivity index is 2.09. The summed E-state index contributed by atoms with van der Waals surface area (Å²) >= 11 is 3.71. The van der Waals surface area contributed by atoms with Crippen molar-refractivity contribution in [2.45, 2.75) is 49.5 Å². The average molecular weight is 310 g/mol. The summed E-state index contributed by atoms with van der Waals surface area (Å²) in [5.41, 5.74) is 0.767. The molecule has 2 nitrogen and oxygen atoms in total. The van der Waals surface area contributed by atoms with Crippen molar-refractivity contribution in [2.75, 3.05) is 5.75 Å². The molecule has 3 unspecified atom stereocenters. The van der Waals surface area contributed by atoms with Gasteiger partial charge in [-0.3, -0.25) is 4.79 Å². The van der Waals surface area contributed by atoms with Crippen molar-refractivity contribution in [3.05, 3.63) is 29.8 Å². The molecule has 0 aliphatic carbocycles. The van der Waals surface area contributed by atoms with E-state index in [1.165, 1.54) is 0 Å². The Bertz CT molecular complexity index is 473. The number of carbonyl (C=O) groups excluding carboxylic acids is 1. The Kier molecular flexibility index (Phi) is 5.44. The maximum atomic E-state index is 12.6. The van der Waals surface area contributed by atoms with E-state index in [1.54, 1.807) is 11.8 Å². The number of rotatable bonds is 4. The Hall–Kier alpha value is -0.610. The van der Waals surface area contributed by atoms with Crippen LogP contribution in [0.1, 0.15) is 38.1 Å². The van der Waals surface area contributed by atoms with Crippen LogP contribution in [0.5, 0.6) is 5.75 Å². The quantitative estimate of drug-likeness (QED) is 0.775. The van der Waals surface area contributed by atoms with Gasteiger partial charge in [0.15, 0.2) is 5.78 Å². The predicted octanol–water partition coefficient (Wildman–Crippen LogP) is 4.28. The number of Topliss-reactive ketones (excluding diaryl/α,β-unsaturated/α-hetero) is 1. The molecule has 0 N–H and O–H groups in total. The summed E-state index contributed by atoms with van der Waals surface area (Å²) in [5, 5.41) is 1.22. The number of ketones is 1. The smallest absolute Gasteiger partial charge is 0.176 e. The number of hydrogen-bond acceptors (Lipinski definition) is 4. The minimum atomic E-state index is 0.0699. The summed E-state index contributed by atoms with van der Waals surface area (Å²) in [7, 11) is 0. The highest BCUT2D eigenvalue weighted by molar-refractivity contribution is 8.08. The second-order valence-corrected chi connectivity index (χ2v) is 8.42. The molecule has 0 spiro atoms. The van der Waals surface area contributed by atoms with Crippen molar-refractivity contribution in [2.24, 2.45) is 0 Å². The lowest BCUT2D eigenvalue weighted by atomic mass is 10.1. The zero-order valence-electron chi connectivity index (χ0n) is 12.5. The van der Waals surface area contributed by atoms with E-state index >= 15 is 0 Å². The van der Waals surface area contributed by atoms with Gasteiger partial charge in [0.05, 0.1) is 11.4 Å². The number of carbonyl (C=O) groups is 1. The first kappa shape index (κ1) is 15.8. The van der Waals surface area contributed by atoms with E-state index in [9.17, 15) is 4.79 Å². The molecule has 0 saturated carbocycles. The SMILES string of the molecule is CC(C)Oc1cccc(C(=O)C2CSC(C)C(C)S2)c1. The number of benzene rings is 1. The summed E-state index contributed by atoms with van der Waals surface area (Å²) in [5.74, 6) is 1.92. The van der Waals surface area contributed by atoms with Crippen LogP contribution in [0, 0.1) is 0 Å². The second kappa shape index (κ2) is 6.90. The van der Waals surface area contributed by atoms with Gasteiger partial charge in [0.25, 0.3) is 0 Å². The molecule has 0 bridgehead atoms. The first-order chi connectivity index (χ1) is 9.47. The van der Waals surface area contributed by atoms with Crippen molar-refractivity contribution in [1.29, 1.82) is 0 Å². The molecule has 1 saturated heterocycles. The van der Waals surface area contributed by atoms with Gasteiger partial charge in [0.1, 0.15) is 5.75 Å². The third-order valence-electron chi connectivity index (χ3n) is 3.33. The number of ether oxygens (including phenoxy) is 1. The van der Waals surface area contributed by atoms with Crippen LogP contribution >= 0.6 is 23.5 Å². The van der Waals surface area contributed by atoms with Crippen molar-refractivity contribution in [1.82, 2.24) is 0 Å². The lowest BCUT2D eigenvalue weighted by molar-refractivity contribution is 0.0994. The predicted molar refractivity (Wildman–Crippen MR) is 89.3 cm³/mol. The van der Waals surface area contributed by atoms with Gasteiger partial charge < -0.3 is 4.74 Å². The number of hydrogen-bond donors (Lipinski definition) is 0. The van der Waals surface area contributed by atoms with Gasteiger partial charge in [-0.05, 0) is 26.0 Å². The fraction of sp³-hybridized carbons (Fsp3) is 0.562. The Morgan fingerprint density at radius 1 is 1.30 bits per heavy atom. The van der Waals surface area contributed by atoms with Crippen LogP contribution < -0.4 is 4.74 Å². The van der Waals surface area contributed by atoms with Gasteiger partial charge in [-0.1, -0.05) is 26.0 Å². The van der Waals surface area contributed by atoms with Crippen molar-refractivity contribution >= 4 is 29.3 Å². The summed E-state index contributed by atoms with van der Waals surface area (Å²) in [4.78, 5) is 12.6. The molecule has 0 radical (unpaired) electrons. The fourth-order valence-corrected chi connectivity index (χ4v) is 4.98. The third kappa shape index (κ3) is 3.95. The lowest BCUT2D eigenvalue weighted by Crippen LogP contribution is -2.31. The zero-order valence-corrected chi connectivity index (χ0v) is 14.1. The van der Waals surface area contributed by atoms with E-state index in [2.05, 4.69) is 13.8 Å². The van der Waals surface area contributed by atoms with Crippen LogP contribution in [-0.2, 0) is 0 Å². The molecule has 0 amide bonds. The van der Waals surface area contributed by atoms with E-state index in [4.69, 9.17) is 4.74 Å². The minimum Gasteiger partial charge on any atom is -0.491 e. The van der Waals surface area contributed by atoms with E-state index in [-0.39, 0.29) is 17.1 Å². The monoisotopic (exact) mass is 310 g/mol.